The Balaban J connectivity index is 4.41. The summed E-state index contributed by atoms with van der Waals surface area (Å²) in [5, 5.41) is 0. The van der Waals surface area contributed by atoms with E-state index in [1.165, 1.54) is 44.9 Å². The van der Waals surface area contributed by atoms with Crippen molar-refractivity contribution < 1.29 is 14.3 Å². The molecule has 0 N–H and O–H groups in total. The zero-order chi connectivity index (χ0) is 21.8. The molecule has 168 valence electrons. The normalized spacial score (nSPS) is 13.2. The molecule has 0 saturated heterocycles. The van der Waals surface area contributed by atoms with Crippen molar-refractivity contribution in [2.45, 2.75) is 111 Å². The fourth-order valence-corrected chi connectivity index (χ4v) is 3.71. The predicted octanol–water partition coefficient (Wildman–Crippen LogP) is 7.59. The van der Waals surface area contributed by atoms with Crippen molar-refractivity contribution in [2.24, 2.45) is 11.3 Å². The highest BCUT2D eigenvalue weighted by atomic mass is 16.5. The van der Waals surface area contributed by atoms with Crippen molar-refractivity contribution >= 4 is 12.3 Å². The highest BCUT2D eigenvalue weighted by Gasteiger charge is 2.37. The predicted molar refractivity (Wildman–Crippen MR) is 124 cm³/mol. The van der Waals surface area contributed by atoms with E-state index in [-0.39, 0.29) is 12.6 Å². The molecule has 1 atom stereocenters. The number of unbranched alkanes of at least 4 members (excludes halogenated alkanes) is 7. The average Bonchev–Trinajstić information content (AvgIpc) is 2.71. The summed E-state index contributed by atoms with van der Waals surface area (Å²) in [6.07, 6.45) is 24.8. The van der Waals surface area contributed by atoms with Crippen molar-refractivity contribution in [1.82, 2.24) is 0 Å². The molecule has 0 rings (SSSR count). The summed E-state index contributed by atoms with van der Waals surface area (Å²) in [6, 6.07) is 0. The molecule has 0 aromatic rings. The fraction of sp³-hybridized carbons (Fsp3) is 0.769. The van der Waals surface area contributed by atoms with Crippen LogP contribution in [-0.2, 0) is 14.3 Å². The van der Waals surface area contributed by atoms with Crippen LogP contribution in [0.15, 0.2) is 24.3 Å². The fourth-order valence-electron chi connectivity index (χ4n) is 3.71. The Morgan fingerprint density at radius 1 is 0.862 bits per heavy atom. The topological polar surface area (TPSA) is 43.4 Å². The first-order valence-corrected chi connectivity index (χ1v) is 11.9. The van der Waals surface area contributed by atoms with E-state index in [9.17, 15) is 9.59 Å². The Morgan fingerprint density at radius 3 is 2.10 bits per heavy atom. The van der Waals surface area contributed by atoms with Crippen LogP contribution in [0.25, 0.3) is 0 Å². The van der Waals surface area contributed by atoms with Crippen LogP contribution in [0.4, 0.5) is 0 Å². The molecule has 0 aliphatic rings. The summed E-state index contributed by atoms with van der Waals surface area (Å²) in [4.78, 5) is 23.0. The molecule has 0 saturated carbocycles. The molecule has 1 unspecified atom stereocenters. The maximum absolute atomic E-state index is 12.5. The highest BCUT2D eigenvalue weighted by Crippen LogP contribution is 2.36. The van der Waals surface area contributed by atoms with Crippen LogP contribution in [-0.4, -0.2) is 18.9 Å². The smallest absolute Gasteiger partial charge is 0.312 e. The van der Waals surface area contributed by atoms with E-state index in [4.69, 9.17) is 4.74 Å². The lowest BCUT2D eigenvalue weighted by atomic mass is 9.73. The van der Waals surface area contributed by atoms with Gasteiger partial charge in [0.1, 0.15) is 6.61 Å². The van der Waals surface area contributed by atoms with Crippen LogP contribution in [0.5, 0.6) is 0 Å². The molecule has 0 fully saturated rings. The molecule has 3 heteroatoms. The van der Waals surface area contributed by atoms with Gasteiger partial charge in [-0.3, -0.25) is 9.59 Å². The highest BCUT2D eigenvalue weighted by molar-refractivity contribution is 5.77. The van der Waals surface area contributed by atoms with E-state index in [1.54, 1.807) is 0 Å². The summed E-state index contributed by atoms with van der Waals surface area (Å²) in [6.45, 7) is 8.23. The molecule has 0 bridgehead atoms. The molecular formula is C26H46O3. The number of allylic oxidation sites excluding steroid dienone is 4. The van der Waals surface area contributed by atoms with Crippen LogP contribution in [0.3, 0.4) is 0 Å². The third-order valence-corrected chi connectivity index (χ3v) is 5.75. The van der Waals surface area contributed by atoms with Gasteiger partial charge in [0.15, 0.2) is 6.29 Å². The van der Waals surface area contributed by atoms with Crippen LogP contribution < -0.4 is 0 Å². The van der Waals surface area contributed by atoms with E-state index in [0.717, 1.165) is 38.5 Å². The van der Waals surface area contributed by atoms with Crippen LogP contribution in [0.2, 0.25) is 0 Å². The first-order valence-electron chi connectivity index (χ1n) is 11.9. The minimum atomic E-state index is -0.528. The molecule has 0 heterocycles. The molecule has 0 aromatic heterocycles. The van der Waals surface area contributed by atoms with Gasteiger partial charge in [0.2, 0.25) is 0 Å². The van der Waals surface area contributed by atoms with Gasteiger partial charge in [-0.1, -0.05) is 83.1 Å². The van der Waals surface area contributed by atoms with Crippen molar-refractivity contribution in [3.05, 3.63) is 24.3 Å². The van der Waals surface area contributed by atoms with Gasteiger partial charge in [-0.2, -0.15) is 0 Å². The van der Waals surface area contributed by atoms with Gasteiger partial charge in [-0.15, -0.1) is 0 Å². The first kappa shape index (κ1) is 27.6. The number of hydrogen-bond donors (Lipinski definition) is 0. The largest absolute Gasteiger partial charge is 0.458 e. The zero-order valence-electron chi connectivity index (χ0n) is 19.6. The minimum Gasteiger partial charge on any atom is -0.458 e. The Labute approximate surface area is 180 Å². The summed E-state index contributed by atoms with van der Waals surface area (Å²) < 4.78 is 5.16. The van der Waals surface area contributed by atoms with Crippen molar-refractivity contribution in [3.8, 4) is 0 Å². The summed E-state index contributed by atoms with van der Waals surface area (Å²) in [7, 11) is 0. The number of carbonyl (C=O) groups excluding carboxylic acids is 2. The SMILES string of the molecule is CCC=CCC=CCCCCCC(CCCCCCC)C(C)(C)C(=O)OCC=O. The first-order chi connectivity index (χ1) is 14.0. The van der Waals surface area contributed by atoms with E-state index in [2.05, 4.69) is 38.2 Å². The lowest BCUT2D eigenvalue weighted by Gasteiger charge is -2.32. The Bertz CT molecular complexity index is 463. The molecular weight excluding hydrogens is 360 g/mol. The molecule has 0 aromatic carbocycles. The van der Waals surface area contributed by atoms with Gasteiger partial charge in [-0.05, 0) is 58.3 Å². The van der Waals surface area contributed by atoms with Gasteiger partial charge in [0.05, 0.1) is 5.41 Å². The summed E-state index contributed by atoms with van der Waals surface area (Å²) >= 11 is 0. The van der Waals surface area contributed by atoms with E-state index in [1.807, 2.05) is 13.8 Å². The van der Waals surface area contributed by atoms with E-state index >= 15 is 0 Å². The van der Waals surface area contributed by atoms with Gasteiger partial charge in [0.25, 0.3) is 0 Å². The van der Waals surface area contributed by atoms with Crippen molar-refractivity contribution in [3.63, 3.8) is 0 Å². The summed E-state index contributed by atoms with van der Waals surface area (Å²) in [5.74, 6) is 0.0872. The lowest BCUT2D eigenvalue weighted by molar-refractivity contribution is -0.158. The molecule has 0 spiro atoms. The van der Waals surface area contributed by atoms with Crippen molar-refractivity contribution in [1.29, 1.82) is 0 Å². The molecule has 0 aliphatic carbocycles. The van der Waals surface area contributed by atoms with E-state index < -0.39 is 5.41 Å². The Morgan fingerprint density at radius 2 is 1.48 bits per heavy atom. The van der Waals surface area contributed by atoms with Gasteiger partial charge in [-0.25, -0.2) is 0 Å². The average molecular weight is 407 g/mol. The van der Waals surface area contributed by atoms with Gasteiger partial charge < -0.3 is 4.74 Å². The third kappa shape index (κ3) is 14.3. The van der Waals surface area contributed by atoms with Crippen LogP contribution in [0.1, 0.15) is 111 Å². The second kappa shape index (κ2) is 18.6. The molecule has 3 nitrogen and oxygen atoms in total. The molecule has 0 radical (unpaired) electrons. The maximum Gasteiger partial charge on any atom is 0.312 e. The Hall–Kier alpha value is -1.38. The van der Waals surface area contributed by atoms with Crippen LogP contribution >= 0.6 is 0 Å². The monoisotopic (exact) mass is 406 g/mol. The minimum absolute atomic E-state index is 0.134. The van der Waals surface area contributed by atoms with Crippen LogP contribution in [0, 0.1) is 11.3 Å². The number of carbonyl (C=O) groups is 2. The number of ether oxygens (including phenoxy) is 1. The second-order valence-electron chi connectivity index (χ2n) is 8.61. The molecule has 29 heavy (non-hydrogen) atoms. The summed E-state index contributed by atoms with van der Waals surface area (Å²) in [5.41, 5.74) is -0.528. The maximum atomic E-state index is 12.5. The van der Waals surface area contributed by atoms with Gasteiger partial charge in [0, 0.05) is 0 Å². The Kier molecular flexibility index (Phi) is 17.7. The second-order valence-corrected chi connectivity index (χ2v) is 8.61. The number of esters is 1. The number of aldehydes is 1. The molecule has 0 amide bonds. The third-order valence-electron chi connectivity index (χ3n) is 5.75. The quantitative estimate of drug-likeness (QED) is 0.0960. The van der Waals surface area contributed by atoms with E-state index in [0.29, 0.717) is 12.2 Å². The van der Waals surface area contributed by atoms with Crippen molar-refractivity contribution in [2.75, 3.05) is 6.61 Å². The number of rotatable bonds is 19. The number of hydrogen-bond acceptors (Lipinski definition) is 3. The lowest BCUT2D eigenvalue weighted by Crippen LogP contribution is -2.35. The van der Waals surface area contributed by atoms with Gasteiger partial charge >= 0.3 is 5.97 Å². The zero-order valence-corrected chi connectivity index (χ0v) is 19.6. The molecule has 0 aliphatic heterocycles. The standard InChI is InChI=1S/C26H46O3/c1-5-7-9-11-12-13-14-15-17-19-21-24(20-18-16-10-8-6-2)26(3,4)25(28)29-23-22-27/h7,9,12-13,22,24H,5-6,8,10-11,14-21,23H2,1-4H3.